The largest absolute Gasteiger partial charge is 0.370 e. The Labute approximate surface area is 146 Å². The second-order valence-electron chi connectivity index (χ2n) is 8.17. The highest BCUT2D eigenvalue weighted by Crippen LogP contribution is 2.34. The third kappa shape index (κ3) is 3.55. The summed E-state index contributed by atoms with van der Waals surface area (Å²) in [6.07, 6.45) is 14.4. The third-order valence-corrected chi connectivity index (χ3v) is 6.39. The van der Waals surface area contributed by atoms with Gasteiger partial charge in [-0.3, -0.25) is 0 Å². The molecular formula is C20H33N3O. The zero-order valence-electron chi connectivity index (χ0n) is 15.3. The molecule has 4 nitrogen and oxygen atoms in total. The topological polar surface area (TPSA) is 30.3 Å². The molecule has 0 aromatic carbocycles. The molecule has 4 rings (SSSR count). The van der Waals surface area contributed by atoms with Gasteiger partial charge in [-0.05, 0) is 51.4 Å². The lowest BCUT2D eigenvalue weighted by Gasteiger charge is -2.36. The first-order valence-electron chi connectivity index (χ1n) is 10.2. The Morgan fingerprint density at radius 1 is 1.04 bits per heavy atom. The van der Waals surface area contributed by atoms with Crippen molar-refractivity contribution in [2.75, 3.05) is 26.2 Å². The van der Waals surface area contributed by atoms with Crippen LogP contribution in [0.25, 0.3) is 0 Å². The van der Waals surface area contributed by atoms with Crippen LogP contribution in [0.4, 0.5) is 0 Å². The summed E-state index contributed by atoms with van der Waals surface area (Å²) in [7, 11) is 0. The summed E-state index contributed by atoms with van der Waals surface area (Å²) in [5, 5.41) is 0. The van der Waals surface area contributed by atoms with Crippen LogP contribution in [0.1, 0.15) is 81.5 Å². The van der Waals surface area contributed by atoms with E-state index < -0.39 is 0 Å². The second-order valence-corrected chi connectivity index (χ2v) is 8.17. The van der Waals surface area contributed by atoms with Crippen LogP contribution >= 0.6 is 0 Å². The Morgan fingerprint density at radius 3 is 2.54 bits per heavy atom. The Kier molecular flexibility index (Phi) is 5.23. The van der Waals surface area contributed by atoms with Crippen LogP contribution in [-0.4, -0.2) is 40.7 Å². The Hall–Kier alpha value is -0.870. The molecule has 3 heterocycles. The predicted octanol–water partition coefficient (Wildman–Crippen LogP) is 4.26. The maximum atomic E-state index is 5.91. The van der Waals surface area contributed by atoms with Gasteiger partial charge < -0.3 is 14.2 Å². The highest BCUT2D eigenvalue weighted by Gasteiger charge is 2.29. The van der Waals surface area contributed by atoms with Crippen molar-refractivity contribution in [3.05, 3.63) is 17.7 Å². The maximum absolute atomic E-state index is 5.91. The number of hydrogen-bond acceptors (Lipinski definition) is 3. The van der Waals surface area contributed by atoms with E-state index in [2.05, 4.69) is 16.4 Å². The Morgan fingerprint density at radius 2 is 1.83 bits per heavy atom. The van der Waals surface area contributed by atoms with Gasteiger partial charge in [-0.1, -0.05) is 19.3 Å². The lowest BCUT2D eigenvalue weighted by Crippen LogP contribution is -2.38. The van der Waals surface area contributed by atoms with Crippen LogP contribution in [0.15, 0.2) is 6.20 Å². The molecule has 1 aromatic rings. The molecule has 1 unspecified atom stereocenters. The summed E-state index contributed by atoms with van der Waals surface area (Å²) in [6, 6.07) is 0.620. The van der Waals surface area contributed by atoms with Crippen LogP contribution in [0.5, 0.6) is 0 Å². The van der Waals surface area contributed by atoms with Crippen molar-refractivity contribution in [3.63, 3.8) is 0 Å². The van der Waals surface area contributed by atoms with Crippen molar-refractivity contribution in [1.82, 2.24) is 14.5 Å². The van der Waals surface area contributed by atoms with Crippen LogP contribution in [0.3, 0.4) is 0 Å². The number of likely N-dealkylation sites (tertiary alicyclic amines) is 1. The predicted molar refractivity (Wildman–Crippen MR) is 96.2 cm³/mol. The van der Waals surface area contributed by atoms with E-state index in [9.17, 15) is 0 Å². The molecule has 1 aromatic heterocycles. The zero-order valence-corrected chi connectivity index (χ0v) is 15.3. The normalized spacial score (nSPS) is 27.8. The fourth-order valence-corrected chi connectivity index (χ4v) is 5.05. The van der Waals surface area contributed by atoms with Gasteiger partial charge in [0.15, 0.2) is 0 Å². The molecule has 0 spiro atoms. The van der Waals surface area contributed by atoms with Crippen molar-refractivity contribution >= 4 is 0 Å². The van der Waals surface area contributed by atoms with Crippen LogP contribution in [-0.2, 0) is 4.74 Å². The molecule has 1 atom stereocenters. The number of piperidine rings is 1. The Bertz CT molecular complexity index is 521. The highest BCUT2D eigenvalue weighted by molar-refractivity contribution is 5.09. The summed E-state index contributed by atoms with van der Waals surface area (Å²) in [4.78, 5) is 7.44. The van der Waals surface area contributed by atoms with E-state index >= 15 is 0 Å². The van der Waals surface area contributed by atoms with E-state index in [0.29, 0.717) is 6.04 Å². The minimum Gasteiger partial charge on any atom is -0.370 e. The molecule has 1 saturated carbocycles. The summed E-state index contributed by atoms with van der Waals surface area (Å²) in [5.41, 5.74) is 1.31. The maximum Gasteiger partial charge on any atom is 0.138 e. The van der Waals surface area contributed by atoms with Crippen LogP contribution < -0.4 is 0 Å². The fraction of sp³-hybridized carbons (Fsp3) is 0.850. The molecule has 24 heavy (non-hydrogen) atoms. The van der Waals surface area contributed by atoms with Gasteiger partial charge in [0.2, 0.25) is 0 Å². The molecule has 0 bridgehead atoms. The first kappa shape index (κ1) is 16.6. The van der Waals surface area contributed by atoms with E-state index in [1.165, 1.54) is 82.5 Å². The molecule has 1 aliphatic carbocycles. The summed E-state index contributed by atoms with van der Waals surface area (Å²) in [5.74, 6) is 2.16. The first-order valence-corrected chi connectivity index (χ1v) is 10.2. The highest BCUT2D eigenvalue weighted by atomic mass is 16.5. The number of hydrogen-bond donors (Lipinski definition) is 0. The minimum absolute atomic E-state index is 0.235. The lowest BCUT2D eigenvalue weighted by molar-refractivity contribution is 0.0947. The smallest absolute Gasteiger partial charge is 0.138 e. The van der Waals surface area contributed by atoms with E-state index in [-0.39, 0.29) is 6.10 Å². The molecular weight excluding hydrogens is 298 g/mol. The number of aryl methyl sites for hydroxylation is 1. The second kappa shape index (κ2) is 7.57. The van der Waals surface area contributed by atoms with E-state index in [4.69, 9.17) is 9.72 Å². The zero-order chi connectivity index (χ0) is 16.4. The third-order valence-electron chi connectivity index (χ3n) is 6.39. The number of aromatic nitrogens is 2. The average Bonchev–Trinajstić information content (AvgIpc) is 3.26. The van der Waals surface area contributed by atoms with Gasteiger partial charge >= 0.3 is 0 Å². The molecule has 0 radical (unpaired) electrons. The average molecular weight is 332 g/mol. The molecule has 3 aliphatic rings. The van der Waals surface area contributed by atoms with Gasteiger partial charge in [-0.2, -0.15) is 0 Å². The van der Waals surface area contributed by atoms with Crippen molar-refractivity contribution in [2.45, 2.75) is 76.9 Å². The van der Waals surface area contributed by atoms with Crippen molar-refractivity contribution in [1.29, 1.82) is 0 Å². The van der Waals surface area contributed by atoms with Gasteiger partial charge in [-0.15, -0.1) is 0 Å². The SMILES string of the molecule is Cc1cnc(C2CCCO2)n1C1CCN(CC2CCCCC2)CC1. The van der Waals surface area contributed by atoms with Crippen LogP contribution in [0.2, 0.25) is 0 Å². The summed E-state index contributed by atoms with van der Waals surface area (Å²) in [6.45, 7) is 6.96. The molecule has 4 heteroatoms. The van der Waals surface area contributed by atoms with Gasteiger partial charge in [0.1, 0.15) is 11.9 Å². The molecule has 0 amide bonds. The molecule has 2 saturated heterocycles. The van der Waals surface area contributed by atoms with Crippen molar-refractivity contribution in [3.8, 4) is 0 Å². The quantitative estimate of drug-likeness (QED) is 0.826. The molecule has 3 fully saturated rings. The molecule has 0 N–H and O–H groups in total. The number of ether oxygens (including phenoxy) is 1. The van der Waals surface area contributed by atoms with E-state index in [1.54, 1.807) is 0 Å². The van der Waals surface area contributed by atoms with Gasteiger partial charge in [0, 0.05) is 44.2 Å². The van der Waals surface area contributed by atoms with Gasteiger partial charge in [-0.25, -0.2) is 4.98 Å². The number of nitrogens with zero attached hydrogens (tertiary/aromatic N) is 3. The number of imidazole rings is 1. The van der Waals surface area contributed by atoms with E-state index in [1.807, 2.05) is 6.20 Å². The van der Waals surface area contributed by atoms with Crippen molar-refractivity contribution in [2.24, 2.45) is 5.92 Å². The van der Waals surface area contributed by atoms with E-state index in [0.717, 1.165) is 18.9 Å². The lowest BCUT2D eigenvalue weighted by atomic mass is 9.88. The first-order chi connectivity index (χ1) is 11.8. The monoisotopic (exact) mass is 331 g/mol. The summed E-state index contributed by atoms with van der Waals surface area (Å²) < 4.78 is 8.42. The fourth-order valence-electron chi connectivity index (χ4n) is 5.05. The molecule has 2 aliphatic heterocycles. The van der Waals surface area contributed by atoms with Gasteiger partial charge in [0.25, 0.3) is 0 Å². The van der Waals surface area contributed by atoms with Crippen LogP contribution in [0, 0.1) is 12.8 Å². The summed E-state index contributed by atoms with van der Waals surface area (Å²) >= 11 is 0. The van der Waals surface area contributed by atoms with Crippen molar-refractivity contribution < 1.29 is 4.74 Å². The Balaban J connectivity index is 1.36. The number of rotatable bonds is 4. The standard InChI is InChI=1S/C20H33N3O/c1-16-14-21-20(19-8-5-13-24-19)23(16)18-9-11-22(12-10-18)15-17-6-3-2-4-7-17/h14,17-19H,2-13,15H2,1H3. The minimum atomic E-state index is 0.235. The van der Waals surface area contributed by atoms with Gasteiger partial charge in [0.05, 0.1) is 0 Å². The molecule has 134 valence electrons.